The zero-order valence-corrected chi connectivity index (χ0v) is 16.0. The molecule has 8 nitrogen and oxygen atoms in total. The molecule has 8 heteroatoms. The largest absolute Gasteiger partial charge is 0.497 e. The second-order valence-electron chi connectivity index (χ2n) is 7.04. The second kappa shape index (κ2) is 7.55. The number of fused-ring (bicyclic) bond motifs is 1. The van der Waals surface area contributed by atoms with Crippen molar-refractivity contribution < 1.29 is 14.3 Å². The van der Waals surface area contributed by atoms with Gasteiger partial charge in [-0.15, -0.1) is 5.10 Å². The molecule has 1 saturated heterocycles. The van der Waals surface area contributed by atoms with Gasteiger partial charge in [0.15, 0.2) is 0 Å². The number of benzene rings is 1. The Morgan fingerprint density at radius 1 is 1.25 bits per heavy atom. The van der Waals surface area contributed by atoms with Gasteiger partial charge in [0.2, 0.25) is 5.82 Å². The average Bonchev–Trinajstić information content (AvgIpc) is 3.19. The molecular formula is C20H23N5O3. The number of ether oxygens (including phenoxy) is 2. The van der Waals surface area contributed by atoms with Gasteiger partial charge in [-0.05, 0) is 43.5 Å². The van der Waals surface area contributed by atoms with Crippen molar-refractivity contribution in [1.82, 2.24) is 24.9 Å². The molecule has 1 amide bonds. The zero-order valence-electron chi connectivity index (χ0n) is 16.0. The van der Waals surface area contributed by atoms with Crippen LogP contribution in [0.2, 0.25) is 0 Å². The van der Waals surface area contributed by atoms with Gasteiger partial charge in [0.05, 0.1) is 7.11 Å². The van der Waals surface area contributed by atoms with E-state index in [-0.39, 0.29) is 17.1 Å². The van der Waals surface area contributed by atoms with E-state index in [1.165, 1.54) is 0 Å². The highest BCUT2D eigenvalue weighted by molar-refractivity contribution is 5.90. The molecule has 0 spiro atoms. The van der Waals surface area contributed by atoms with Gasteiger partial charge in [-0.1, -0.05) is 12.1 Å². The molecule has 1 aliphatic rings. The fourth-order valence-corrected chi connectivity index (χ4v) is 3.61. The lowest BCUT2D eigenvalue weighted by atomic mass is 9.74. The van der Waals surface area contributed by atoms with Crippen molar-refractivity contribution in [2.75, 3.05) is 26.9 Å². The van der Waals surface area contributed by atoms with E-state index in [9.17, 15) is 4.79 Å². The number of methoxy groups -OCH3 is 1. The Hall–Kier alpha value is -3.00. The van der Waals surface area contributed by atoms with E-state index < -0.39 is 0 Å². The monoisotopic (exact) mass is 381 g/mol. The maximum absolute atomic E-state index is 12.7. The number of nitrogens with one attached hydrogen (secondary N) is 1. The number of carbonyl (C=O) groups is 1. The molecule has 2 aromatic heterocycles. The Labute approximate surface area is 162 Å². The maximum atomic E-state index is 12.7. The Morgan fingerprint density at radius 2 is 2.00 bits per heavy atom. The van der Waals surface area contributed by atoms with Gasteiger partial charge in [-0.25, -0.2) is 9.50 Å². The Morgan fingerprint density at radius 3 is 2.68 bits per heavy atom. The summed E-state index contributed by atoms with van der Waals surface area (Å²) in [4.78, 5) is 21.1. The number of carbonyl (C=O) groups excluding carboxylic acids is 1. The number of aromatic nitrogens is 4. The predicted molar refractivity (Wildman–Crippen MR) is 103 cm³/mol. The van der Waals surface area contributed by atoms with Crippen LogP contribution in [-0.2, 0) is 10.2 Å². The van der Waals surface area contributed by atoms with Gasteiger partial charge in [0.1, 0.15) is 5.75 Å². The summed E-state index contributed by atoms with van der Waals surface area (Å²) in [6.45, 7) is 3.71. The number of aryl methyl sites for hydroxylation is 1. The van der Waals surface area contributed by atoms with Crippen molar-refractivity contribution in [2.24, 2.45) is 0 Å². The number of hydrogen-bond acceptors (Lipinski definition) is 6. The average molecular weight is 381 g/mol. The summed E-state index contributed by atoms with van der Waals surface area (Å²) in [6.07, 6.45) is 3.32. The number of amides is 1. The Kier molecular flexibility index (Phi) is 4.95. The Bertz CT molecular complexity index is 977. The van der Waals surface area contributed by atoms with Crippen molar-refractivity contribution in [2.45, 2.75) is 25.2 Å². The molecule has 3 heterocycles. The third-order valence-electron chi connectivity index (χ3n) is 5.37. The van der Waals surface area contributed by atoms with Crippen LogP contribution in [0.25, 0.3) is 5.78 Å². The first-order chi connectivity index (χ1) is 13.6. The lowest BCUT2D eigenvalue weighted by Gasteiger charge is -2.37. The molecular weight excluding hydrogens is 358 g/mol. The van der Waals surface area contributed by atoms with Crippen molar-refractivity contribution in [1.29, 1.82) is 0 Å². The molecule has 0 radical (unpaired) electrons. The van der Waals surface area contributed by atoms with E-state index in [1.807, 2.05) is 25.1 Å². The molecule has 0 unspecified atom stereocenters. The summed E-state index contributed by atoms with van der Waals surface area (Å²) in [5, 5.41) is 7.31. The molecule has 1 aromatic carbocycles. The van der Waals surface area contributed by atoms with Crippen LogP contribution in [0.4, 0.5) is 0 Å². The fraction of sp³-hybridized carbons (Fsp3) is 0.400. The zero-order chi connectivity index (χ0) is 19.6. The van der Waals surface area contributed by atoms with E-state index in [4.69, 9.17) is 9.47 Å². The topological polar surface area (TPSA) is 90.6 Å². The minimum atomic E-state index is -0.302. The second-order valence-corrected chi connectivity index (χ2v) is 7.04. The van der Waals surface area contributed by atoms with Crippen LogP contribution in [0.3, 0.4) is 0 Å². The predicted octanol–water partition coefficient (Wildman–Crippen LogP) is 1.92. The molecule has 146 valence electrons. The molecule has 28 heavy (non-hydrogen) atoms. The van der Waals surface area contributed by atoms with Gasteiger partial charge < -0.3 is 14.8 Å². The SMILES string of the molecule is COc1ccc(C2(CNC(=O)c3nc4nccc(C)n4n3)CCOCC2)cc1. The highest BCUT2D eigenvalue weighted by Gasteiger charge is 2.35. The highest BCUT2D eigenvalue weighted by atomic mass is 16.5. The number of hydrogen-bond donors (Lipinski definition) is 1. The van der Waals surface area contributed by atoms with E-state index in [2.05, 4.69) is 32.5 Å². The summed E-state index contributed by atoms with van der Waals surface area (Å²) in [5.74, 6) is 1.05. The van der Waals surface area contributed by atoms with Crippen LogP contribution in [-0.4, -0.2) is 52.4 Å². The van der Waals surface area contributed by atoms with Crippen molar-refractivity contribution >= 4 is 11.7 Å². The van der Waals surface area contributed by atoms with E-state index in [1.54, 1.807) is 17.8 Å². The minimum absolute atomic E-state index is 0.124. The van der Waals surface area contributed by atoms with Crippen LogP contribution in [0.15, 0.2) is 36.5 Å². The van der Waals surface area contributed by atoms with Crippen LogP contribution in [0, 0.1) is 6.92 Å². The molecule has 1 fully saturated rings. The van der Waals surface area contributed by atoms with Crippen molar-refractivity contribution in [3.05, 3.63) is 53.6 Å². The summed E-state index contributed by atoms with van der Waals surface area (Å²) in [5.41, 5.74) is 1.85. The number of nitrogens with zero attached hydrogens (tertiary/aromatic N) is 4. The first-order valence-corrected chi connectivity index (χ1v) is 9.30. The van der Waals surface area contributed by atoms with Crippen LogP contribution in [0.1, 0.15) is 34.7 Å². The summed E-state index contributed by atoms with van der Waals surface area (Å²) in [6, 6.07) is 9.85. The van der Waals surface area contributed by atoms with E-state index in [0.717, 1.165) is 29.8 Å². The van der Waals surface area contributed by atoms with Crippen molar-refractivity contribution in [3.63, 3.8) is 0 Å². The lowest BCUT2D eigenvalue weighted by molar-refractivity contribution is 0.0486. The molecule has 0 saturated carbocycles. The van der Waals surface area contributed by atoms with Crippen LogP contribution >= 0.6 is 0 Å². The van der Waals surface area contributed by atoms with E-state index in [0.29, 0.717) is 25.5 Å². The maximum Gasteiger partial charge on any atom is 0.291 e. The third kappa shape index (κ3) is 3.43. The van der Waals surface area contributed by atoms with Gasteiger partial charge in [-0.2, -0.15) is 4.98 Å². The molecule has 1 aliphatic heterocycles. The normalized spacial score (nSPS) is 16.1. The standard InChI is InChI=1S/C20H23N5O3/c1-14-7-10-21-19-23-17(24-25(14)19)18(26)22-13-20(8-11-28-12-9-20)15-3-5-16(27-2)6-4-15/h3-7,10H,8-9,11-13H2,1-2H3,(H,22,26). The molecule has 1 N–H and O–H groups in total. The first-order valence-electron chi connectivity index (χ1n) is 9.30. The summed E-state index contributed by atoms with van der Waals surface area (Å²) < 4.78 is 12.4. The summed E-state index contributed by atoms with van der Waals surface area (Å²) >= 11 is 0. The quantitative estimate of drug-likeness (QED) is 0.726. The Balaban J connectivity index is 1.55. The molecule has 4 rings (SSSR count). The first kappa shape index (κ1) is 18.4. The molecule has 0 aliphatic carbocycles. The highest BCUT2D eigenvalue weighted by Crippen LogP contribution is 2.35. The lowest BCUT2D eigenvalue weighted by Crippen LogP contribution is -2.44. The van der Waals surface area contributed by atoms with Crippen LogP contribution < -0.4 is 10.1 Å². The van der Waals surface area contributed by atoms with Gasteiger partial charge in [-0.3, -0.25) is 4.79 Å². The van der Waals surface area contributed by atoms with Crippen molar-refractivity contribution in [3.8, 4) is 5.75 Å². The van der Waals surface area contributed by atoms with Gasteiger partial charge in [0, 0.05) is 37.1 Å². The van der Waals surface area contributed by atoms with E-state index >= 15 is 0 Å². The smallest absolute Gasteiger partial charge is 0.291 e. The molecule has 0 bridgehead atoms. The van der Waals surface area contributed by atoms with Gasteiger partial charge >= 0.3 is 0 Å². The number of rotatable bonds is 5. The third-order valence-corrected chi connectivity index (χ3v) is 5.37. The molecule has 3 aromatic rings. The fourth-order valence-electron chi connectivity index (χ4n) is 3.61. The molecule has 0 atom stereocenters. The van der Waals surface area contributed by atoms with Gasteiger partial charge in [0.25, 0.3) is 11.7 Å². The summed E-state index contributed by atoms with van der Waals surface area (Å²) in [7, 11) is 1.65. The van der Waals surface area contributed by atoms with Crippen LogP contribution in [0.5, 0.6) is 5.75 Å². The minimum Gasteiger partial charge on any atom is -0.497 e.